The van der Waals surface area contributed by atoms with Gasteiger partial charge in [-0.1, -0.05) is 26.1 Å². The topological polar surface area (TPSA) is 58.3 Å². The maximum atomic E-state index is 5.72. The number of likely N-dealkylation sites (N-methyl/N-ethyl adjacent to an activating group) is 1. The fourth-order valence-corrected chi connectivity index (χ4v) is 2.85. The molecular weight excluding hydrogens is 258 g/mol. The monoisotopic (exact) mass is 279 g/mol. The van der Waals surface area contributed by atoms with Crippen molar-refractivity contribution in [3.05, 3.63) is 18.1 Å². The average molecular weight is 279 g/mol. The van der Waals surface area contributed by atoms with Crippen molar-refractivity contribution in [1.29, 1.82) is 0 Å². The quantitative estimate of drug-likeness (QED) is 0.813. The van der Waals surface area contributed by atoms with Crippen molar-refractivity contribution < 1.29 is 0 Å². The molecule has 6 heteroatoms. The third kappa shape index (κ3) is 3.01. The fraction of sp³-hybridized carbons (Fsp3) is 0.615. The minimum atomic E-state index is 0.314. The Kier molecular flexibility index (Phi) is 4.66. The van der Waals surface area contributed by atoms with Gasteiger partial charge in [0, 0.05) is 31.5 Å². The summed E-state index contributed by atoms with van der Waals surface area (Å²) in [5, 5.41) is 0. The van der Waals surface area contributed by atoms with Crippen molar-refractivity contribution in [3.63, 3.8) is 0 Å². The van der Waals surface area contributed by atoms with Gasteiger partial charge in [0.1, 0.15) is 10.7 Å². The highest BCUT2D eigenvalue weighted by Gasteiger charge is 2.28. The van der Waals surface area contributed by atoms with Crippen molar-refractivity contribution >= 4 is 23.0 Å². The first-order chi connectivity index (χ1) is 9.17. The SMILES string of the molecule is CCN(CC)C1CCN(c2nccnc2C(N)=S)C1. The maximum Gasteiger partial charge on any atom is 0.157 e. The van der Waals surface area contributed by atoms with Crippen LogP contribution in [-0.4, -0.2) is 52.1 Å². The van der Waals surface area contributed by atoms with Crippen LogP contribution in [0.4, 0.5) is 5.82 Å². The Morgan fingerprint density at radius 3 is 2.74 bits per heavy atom. The van der Waals surface area contributed by atoms with Gasteiger partial charge < -0.3 is 10.6 Å². The second-order valence-electron chi connectivity index (χ2n) is 4.70. The Morgan fingerprint density at radius 1 is 1.42 bits per heavy atom. The van der Waals surface area contributed by atoms with Gasteiger partial charge in [-0.2, -0.15) is 0 Å². The lowest BCUT2D eigenvalue weighted by Gasteiger charge is -2.26. The highest BCUT2D eigenvalue weighted by molar-refractivity contribution is 7.80. The molecule has 0 saturated carbocycles. The Balaban J connectivity index is 2.15. The normalized spacial score (nSPS) is 19.1. The van der Waals surface area contributed by atoms with Crippen LogP contribution >= 0.6 is 12.2 Å². The van der Waals surface area contributed by atoms with E-state index in [1.807, 2.05) is 0 Å². The van der Waals surface area contributed by atoms with Crippen LogP contribution in [0.2, 0.25) is 0 Å². The Morgan fingerprint density at radius 2 is 2.11 bits per heavy atom. The highest BCUT2D eigenvalue weighted by Crippen LogP contribution is 2.23. The Labute approximate surface area is 119 Å². The van der Waals surface area contributed by atoms with Crippen molar-refractivity contribution in [2.45, 2.75) is 26.3 Å². The second-order valence-corrected chi connectivity index (χ2v) is 5.14. The first-order valence-corrected chi connectivity index (χ1v) is 7.18. The molecule has 0 aromatic carbocycles. The molecule has 5 nitrogen and oxygen atoms in total. The number of aromatic nitrogens is 2. The molecule has 0 amide bonds. The zero-order chi connectivity index (χ0) is 13.8. The number of nitrogens with two attached hydrogens (primary N) is 1. The third-order valence-electron chi connectivity index (χ3n) is 3.70. The van der Waals surface area contributed by atoms with Gasteiger partial charge in [0.25, 0.3) is 0 Å². The maximum absolute atomic E-state index is 5.72. The lowest BCUT2D eigenvalue weighted by atomic mass is 10.2. The van der Waals surface area contributed by atoms with Crippen molar-refractivity contribution in [2.75, 3.05) is 31.1 Å². The van der Waals surface area contributed by atoms with Crippen LogP contribution < -0.4 is 10.6 Å². The molecule has 1 fully saturated rings. The van der Waals surface area contributed by atoms with E-state index in [-0.39, 0.29) is 0 Å². The molecule has 2 rings (SSSR count). The number of rotatable bonds is 5. The van der Waals surface area contributed by atoms with E-state index >= 15 is 0 Å². The largest absolute Gasteiger partial charge is 0.388 e. The van der Waals surface area contributed by atoms with E-state index in [1.54, 1.807) is 12.4 Å². The van der Waals surface area contributed by atoms with Gasteiger partial charge in [-0.15, -0.1) is 0 Å². The summed E-state index contributed by atoms with van der Waals surface area (Å²) in [5.41, 5.74) is 6.36. The van der Waals surface area contributed by atoms with Gasteiger partial charge in [-0.05, 0) is 19.5 Å². The van der Waals surface area contributed by atoms with Crippen LogP contribution in [0.5, 0.6) is 0 Å². The van der Waals surface area contributed by atoms with Crippen molar-refractivity contribution in [3.8, 4) is 0 Å². The first-order valence-electron chi connectivity index (χ1n) is 6.77. The minimum absolute atomic E-state index is 0.314. The zero-order valence-corrected chi connectivity index (χ0v) is 12.4. The van der Waals surface area contributed by atoms with E-state index in [4.69, 9.17) is 18.0 Å². The van der Waals surface area contributed by atoms with Gasteiger partial charge in [0.15, 0.2) is 5.82 Å². The van der Waals surface area contributed by atoms with E-state index in [0.29, 0.717) is 16.7 Å². The lowest BCUT2D eigenvalue weighted by Crippen LogP contribution is -2.37. The summed E-state index contributed by atoms with van der Waals surface area (Å²) < 4.78 is 0. The number of nitrogens with zero attached hydrogens (tertiary/aromatic N) is 4. The highest BCUT2D eigenvalue weighted by atomic mass is 32.1. The summed E-state index contributed by atoms with van der Waals surface area (Å²) in [5.74, 6) is 0.824. The average Bonchev–Trinajstić information content (AvgIpc) is 2.89. The molecule has 1 unspecified atom stereocenters. The summed E-state index contributed by atoms with van der Waals surface area (Å²) in [7, 11) is 0. The van der Waals surface area contributed by atoms with Gasteiger partial charge >= 0.3 is 0 Å². The van der Waals surface area contributed by atoms with Crippen molar-refractivity contribution in [2.24, 2.45) is 5.73 Å². The molecule has 1 saturated heterocycles. The molecule has 1 aliphatic rings. The van der Waals surface area contributed by atoms with E-state index in [0.717, 1.165) is 38.4 Å². The predicted octanol–water partition coefficient (Wildman–Crippen LogP) is 1.03. The fourth-order valence-electron chi connectivity index (χ4n) is 2.71. The standard InChI is InChI=1S/C13H21N5S/c1-3-17(4-2)10-5-8-18(9-10)13-11(12(14)19)15-6-7-16-13/h6-7,10H,3-5,8-9H2,1-2H3,(H2,14,19). The van der Waals surface area contributed by atoms with Crippen LogP contribution in [0.25, 0.3) is 0 Å². The Bertz CT molecular complexity index is 446. The molecule has 1 aliphatic heterocycles. The van der Waals surface area contributed by atoms with Crippen LogP contribution in [0, 0.1) is 0 Å². The van der Waals surface area contributed by atoms with E-state index < -0.39 is 0 Å². The summed E-state index contributed by atoms with van der Waals surface area (Å²) in [6.07, 6.45) is 4.48. The molecule has 19 heavy (non-hydrogen) atoms. The molecule has 1 atom stereocenters. The van der Waals surface area contributed by atoms with Gasteiger partial charge in [-0.25, -0.2) is 9.97 Å². The molecule has 0 aliphatic carbocycles. The van der Waals surface area contributed by atoms with Gasteiger partial charge in [0.05, 0.1) is 0 Å². The van der Waals surface area contributed by atoms with Gasteiger partial charge in [0.2, 0.25) is 0 Å². The number of hydrogen-bond donors (Lipinski definition) is 1. The third-order valence-corrected chi connectivity index (χ3v) is 3.90. The molecular formula is C13H21N5S. The van der Waals surface area contributed by atoms with Crippen LogP contribution in [0.1, 0.15) is 26.0 Å². The van der Waals surface area contributed by atoms with E-state index in [9.17, 15) is 0 Å². The molecule has 104 valence electrons. The lowest BCUT2D eigenvalue weighted by molar-refractivity contribution is 0.232. The number of hydrogen-bond acceptors (Lipinski definition) is 5. The summed E-state index contributed by atoms with van der Waals surface area (Å²) in [4.78, 5) is 13.7. The Hall–Kier alpha value is -1.27. The second kappa shape index (κ2) is 6.25. The number of thiocarbonyl (C=S) groups is 1. The molecule has 0 radical (unpaired) electrons. The molecule has 0 bridgehead atoms. The molecule has 1 aromatic heterocycles. The zero-order valence-electron chi connectivity index (χ0n) is 11.5. The van der Waals surface area contributed by atoms with Crippen molar-refractivity contribution in [1.82, 2.24) is 14.9 Å². The van der Waals surface area contributed by atoms with Crippen LogP contribution in [-0.2, 0) is 0 Å². The smallest absolute Gasteiger partial charge is 0.157 e. The van der Waals surface area contributed by atoms with E-state index in [2.05, 4.69) is 33.6 Å². The molecule has 2 heterocycles. The summed E-state index contributed by atoms with van der Waals surface area (Å²) in [6, 6.07) is 0.580. The van der Waals surface area contributed by atoms with E-state index in [1.165, 1.54) is 0 Å². The molecule has 1 aromatic rings. The van der Waals surface area contributed by atoms with Crippen LogP contribution in [0.3, 0.4) is 0 Å². The summed E-state index contributed by atoms with van der Waals surface area (Å²) >= 11 is 5.05. The molecule has 0 spiro atoms. The predicted molar refractivity (Wildman–Crippen MR) is 81.5 cm³/mol. The minimum Gasteiger partial charge on any atom is -0.388 e. The molecule has 2 N–H and O–H groups in total. The van der Waals surface area contributed by atoms with Crippen LogP contribution in [0.15, 0.2) is 12.4 Å². The number of anilines is 1. The first kappa shape index (κ1) is 14.1. The van der Waals surface area contributed by atoms with Gasteiger partial charge in [-0.3, -0.25) is 4.90 Å². The summed E-state index contributed by atoms with van der Waals surface area (Å²) in [6.45, 7) is 8.52.